The monoisotopic (exact) mass is 412 g/mol. The summed E-state index contributed by atoms with van der Waals surface area (Å²) in [6.07, 6.45) is 0. The number of sulfonamides is 1. The first-order valence-electron chi connectivity index (χ1n) is 8.66. The third-order valence-electron chi connectivity index (χ3n) is 4.42. The third-order valence-corrected chi connectivity index (χ3v) is 6.32. The summed E-state index contributed by atoms with van der Waals surface area (Å²) >= 11 is 0. The highest BCUT2D eigenvalue weighted by molar-refractivity contribution is 7.89. The van der Waals surface area contributed by atoms with Crippen molar-refractivity contribution in [2.75, 3.05) is 33.4 Å². The van der Waals surface area contributed by atoms with Gasteiger partial charge in [-0.3, -0.25) is 0 Å². The number of hydrogen-bond acceptors (Lipinski definition) is 5. The quantitative estimate of drug-likeness (QED) is 0.790. The summed E-state index contributed by atoms with van der Waals surface area (Å²) in [5.74, 6) is 1.24. The van der Waals surface area contributed by atoms with Crippen LogP contribution >= 0.6 is 12.4 Å². The van der Waals surface area contributed by atoms with Crippen LogP contribution in [0.15, 0.2) is 53.4 Å². The van der Waals surface area contributed by atoms with Crippen LogP contribution in [0.4, 0.5) is 0 Å². The van der Waals surface area contributed by atoms with Gasteiger partial charge in [0.1, 0.15) is 11.5 Å². The van der Waals surface area contributed by atoms with Gasteiger partial charge in [-0.15, -0.1) is 12.4 Å². The van der Waals surface area contributed by atoms with Crippen LogP contribution in [-0.2, 0) is 10.0 Å². The van der Waals surface area contributed by atoms with E-state index in [1.807, 2.05) is 31.2 Å². The van der Waals surface area contributed by atoms with E-state index in [4.69, 9.17) is 9.47 Å². The summed E-state index contributed by atoms with van der Waals surface area (Å²) in [5, 5.41) is 3.28. The molecule has 3 rings (SSSR count). The summed E-state index contributed by atoms with van der Waals surface area (Å²) in [4.78, 5) is 0.241. The molecule has 0 aliphatic carbocycles. The molecule has 0 aromatic heterocycles. The predicted octanol–water partition coefficient (Wildman–Crippen LogP) is 2.85. The fraction of sp³-hybridized carbons (Fsp3) is 0.368. The van der Waals surface area contributed by atoms with Crippen LogP contribution in [0, 0.1) is 0 Å². The molecule has 1 N–H and O–H groups in total. The highest BCUT2D eigenvalue weighted by atomic mass is 35.5. The molecule has 0 radical (unpaired) electrons. The molecule has 0 bridgehead atoms. The maximum Gasteiger partial charge on any atom is 0.243 e. The summed E-state index contributed by atoms with van der Waals surface area (Å²) in [6.45, 7) is 3.89. The van der Waals surface area contributed by atoms with Gasteiger partial charge in [0.25, 0.3) is 0 Å². The minimum absolute atomic E-state index is 0. The molecule has 6 nitrogen and oxygen atoms in total. The van der Waals surface area contributed by atoms with E-state index >= 15 is 0 Å². The molecular formula is C19H25ClN2O4S. The number of para-hydroxylation sites is 1. The Bertz CT molecular complexity index is 860. The van der Waals surface area contributed by atoms with E-state index in [2.05, 4.69) is 5.32 Å². The molecule has 148 valence electrons. The lowest BCUT2D eigenvalue weighted by Crippen LogP contribution is -2.48. The van der Waals surface area contributed by atoms with E-state index in [0.717, 1.165) is 5.56 Å². The zero-order chi connectivity index (χ0) is 18.6. The Hall–Kier alpha value is -1.80. The van der Waals surface area contributed by atoms with Gasteiger partial charge in [0.2, 0.25) is 10.0 Å². The molecule has 1 fully saturated rings. The van der Waals surface area contributed by atoms with Gasteiger partial charge in [-0.1, -0.05) is 24.3 Å². The second kappa shape index (κ2) is 9.41. The average molecular weight is 413 g/mol. The topological polar surface area (TPSA) is 67.9 Å². The summed E-state index contributed by atoms with van der Waals surface area (Å²) < 4.78 is 39.1. The van der Waals surface area contributed by atoms with Crippen LogP contribution < -0.4 is 14.8 Å². The van der Waals surface area contributed by atoms with Crippen molar-refractivity contribution < 1.29 is 17.9 Å². The number of ether oxygens (including phenoxy) is 2. The first-order valence-corrected chi connectivity index (χ1v) is 10.1. The molecule has 1 aliphatic heterocycles. The molecule has 1 unspecified atom stereocenters. The number of rotatable bonds is 6. The maximum atomic E-state index is 13.3. The second-order valence-corrected chi connectivity index (χ2v) is 7.88. The maximum absolute atomic E-state index is 13.3. The first-order chi connectivity index (χ1) is 12.6. The summed E-state index contributed by atoms with van der Waals surface area (Å²) in [7, 11) is -2.07. The molecule has 0 saturated carbocycles. The number of methoxy groups -OCH3 is 1. The first kappa shape index (κ1) is 21.5. The fourth-order valence-electron chi connectivity index (χ4n) is 3.21. The lowest BCUT2D eigenvalue weighted by molar-refractivity contribution is 0.264. The zero-order valence-corrected chi connectivity index (χ0v) is 17.1. The highest BCUT2D eigenvalue weighted by Crippen LogP contribution is 2.34. The van der Waals surface area contributed by atoms with E-state index < -0.39 is 10.0 Å². The van der Waals surface area contributed by atoms with Gasteiger partial charge in [0.05, 0.1) is 24.7 Å². The average Bonchev–Trinajstić information content (AvgIpc) is 2.68. The standard InChI is InChI=1S/C19H24N2O4S.ClH/c1-3-25-15-7-6-8-16(13-15)26(22,23)21-12-11-20-14-18(21)17-9-4-5-10-19(17)24-2;/h4-10,13,18,20H,3,11-12,14H2,1-2H3;1H. The lowest BCUT2D eigenvalue weighted by Gasteiger charge is -2.36. The van der Waals surface area contributed by atoms with Crippen molar-refractivity contribution in [1.29, 1.82) is 0 Å². The highest BCUT2D eigenvalue weighted by Gasteiger charge is 2.35. The van der Waals surface area contributed by atoms with E-state index in [1.165, 1.54) is 0 Å². The largest absolute Gasteiger partial charge is 0.496 e. The number of nitrogens with zero attached hydrogens (tertiary/aromatic N) is 1. The van der Waals surface area contributed by atoms with E-state index in [0.29, 0.717) is 37.7 Å². The van der Waals surface area contributed by atoms with Crippen LogP contribution in [0.1, 0.15) is 18.5 Å². The van der Waals surface area contributed by atoms with Gasteiger partial charge >= 0.3 is 0 Å². The van der Waals surface area contributed by atoms with Crippen molar-refractivity contribution in [3.8, 4) is 11.5 Å². The second-order valence-electron chi connectivity index (χ2n) is 5.99. The van der Waals surface area contributed by atoms with Crippen LogP contribution in [0.25, 0.3) is 0 Å². The molecule has 2 aromatic carbocycles. The molecule has 1 saturated heterocycles. The SMILES string of the molecule is CCOc1cccc(S(=O)(=O)N2CCNCC2c2ccccc2OC)c1.Cl. The molecule has 1 aliphatic rings. The van der Waals surface area contributed by atoms with E-state index in [-0.39, 0.29) is 23.3 Å². The molecule has 2 aromatic rings. The molecule has 1 atom stereocenters. The van der Waals surface area contributed by atoms with Gasteiger partial charge in [-0.25, -0.2) is 8.42 Å². The summed E-state index contributed by atoms with van der Waals surface area (Å²) in [5.41, 5.74) is 0.853. The Balaban J connectivity index is 0.00000261. The van der Waals surface area contributed by atoms with Crippen molar-refractivity contribution >= 4 is 22.4 Å². The van der Waals surface area contributed by atoms with Crippen LogP contribution in [-0.4, -0.2) is 46.1 Å². The van der Waals surface area contributed by atoms with E-state index in [9.17, 15) is 8.42 Å². The van der Waals surface area contributed by atoms with Crippen molar-refractivity contribution in [3.63, 3.8) is 0 Å². The smallest absolute Gasteiger partial charge is 0.243 e. The van der Waals surface area contributed by atoms with Crippen LogP contribution in [0.2, 0.25) is 0 Å². The Morgan fingerprint density at radius 3 is 2.70 bits per heavy atom. The Kier molecular flexibility index (Phi) is 7.49. The molecule has 0 amide bonds. The molecule has 8 heteroatoms. The molecular weight excluding hydrogens is 388 g/mol. The number of hydrogen-bond donors (Lipinski definition) is 1. The predicted molar refractivity (Wildman–Crippen MR) is 107 cm³/mol. The number of piperazine rings is 1. The van der Waals surface area contributed by atoms with Crippen molar-refractivity contribution in [1.82, 2.24) is 9.62 Å². The third kappa shape index (κ3) is 4.55. The minimum Gasteiger partial charge on any atom is -0.496 e. The Morgan fingerprint density at radius 2 is 1.96 bits per heavy atom. The van der Waals surface area contributed by atoms with Crippen LogP contribution in [0.3, 0.4) is 0 Å². The lowest BCUT2D eigenvalue weighted by atomic mass is 10.0. The van der Waals surface area contributed by atoms with Crippen molar-refractivity contribution in [3.05, 3.63) is 54.1 Å². The number of nitrogens with one attached hydrogen (secondary N) is 1. The van der Waals surface area contributed by atoms with Gasteiger partial charge in [-0.2, -0.15) is 4.31 Å². The van der Waals surface area contributed by atoms with Gasteiger partial charge in [0.15, 0.2) is 0 Å². The van der Waals surface area contributed by atoms with Crippen LogP contribution in [0.5, 0.6) is 11.5 Å². The van der Waals surface area contributed by atoms with E-state index in [1.54, 1.807) is 35.7 Å². The minimum atomic E-state index is -3.67. The summed E-state index contributed by atoms with van der Waals surface area (Å²) in [6, 6.07) is 13.9. The zero-order valence-electron chi connectivity index (χ0n) is 15.4. The molecule has 1 heterocycles. The fourth-order valence-corrected chi connectivity index (χ4v) is 4.85. The van der Waals surface area contributed by atoms with Crippen molar-refractivity contribution in [2.24, 2.45) is 0 Å². The normalized spacial score (nSPS) is 17.8. The molecule has 0 spiro atoms. The van der Waals surface area contributed by atoms with Crippen molar-refractivity contribution in [2.45, 2.75) is 17.9 Å². The Morgan fingerprint density at radius 1 is 1.19 bits per heavy atom. The number of halogens is 1. The molecule has 27 heavy (non-hydrogen) atoms. The van der Waals surface area contributed by atoms with Gasteiger partial charge in [-0.05, 0) is 25.1 Å². The number of benzene rings is 2. The van der Waals surface area contributed by atoms with Gasteiger partial charge in [0, 0.05) is 31.3 Å². The van der Waals surface area contributed by atoms with Gasteiger partial charge < -0.3 is 14.8 Å². The Labute approximate surface area is 166 Å².